The van der Waals surface area contributed by atoms with Crippen molar-refractivity contribution in [1.29, 1.82) is 0 Å². The highest BCUT2D eigenvalue weighted by atomic mass is 32.2. The summed E-state index contributed by atoms with van der Waals surface area (Å²) >= 11 is -1.58. The van der Waals surface area contributed by atoms with Crippen LogP contribution in [0, 0.1) is 0 Å². The normalized spacial score (nSPS) is 12.2. The van der Waals surface area contributed by atoms with Crippen molar-refractivity contribution in [3.05, 3.63) is 24.3 Å². The third-order valence-electron chi connectivity index (χ3n) is 1.86. The Hall–Kier alpha value is -0.450. The highest BCUT2D eigenvalue weighted by Gasteiger charge is 1.99. The molecule has 16 heavy (non-hydrogen) atoms. The second-order valence-electron chi connectivity index (χ2n) is 3.27. The van der Waals surface area contributed by atoms with Crippen LogP contribution >= 0.6 is 0 Å². The van der Waals surface area contributed by atoms with Crippen LogP contribution in [-0.2, 0) is 19.7 Å². The molecule has 0 heterocycles. The first-order valence-corrected chi connectivity index (χ1v) is 6.72. The van der Waals surface area contributed by atoms with Gasteiger partial charge in [-0.1, -0.05) is 24.3 Å². The lowest BCUT2D eigenvalue weighted by Crippen LogP contribution is -2.04. The second kappa shape index (κ2) is 12.6. The summed E-state index contributed by atoms with van der Waals surface area (Å²) in [6.45, 7) is 4.91. The number of hydrogen-bond donors (Lipinski definition) is 0. The SMILES string of the molecule is C/C=C\CCCOS(=O)OCCC/C=C\C. The molecule has 0 aliphatic heterocycles. The molecule has 94 valence electrons. The number of hydrogen-bond acceptors (Lipinski definition) is 3. The zero-order chi connectivity index (χ0) is 12.1. The minimum absolute atomic E-state index is 0.478. The fraction of sp³-hybridized carbons (Fsp3) is 0.667. The Morgan fingerprint density at radius 3 is 1.75 bits per heavy atom. The lowest BCUT2D eigenvalue weighted by molar-refractivity contribution is 0.246. The van der Waals surface area contributed by atoms with Gasteiger partial charge in [-0.25, -0.2) is 0 Å². The summed E-state index contributed by atoms with van der Waals surface area (Å²) in [4.78, 5) is 0. The van der Waals surface area contributed by atoms with Crippen LogP contribution in [-0.4, -0.2) is 17.4 Å². The Morgan fingerprint density at radius 1 is 0.938 bits per heavy atom. The van der Waals surface area contributed by atoms with Gasteiger partial charge in [0.1, 0.15) is 0 Å². The molecule has 0 saturated heterocycles. The average molecular weight is 246 g/mol. The summed E-state index contributed by atoms with van der Waals surface area (Å²) in [5.41, 5.74) is 0. The first kappa shape index (κ1) is 15.6. The van der Waals surface area contributed by atoms with Crippen molar-refractivity contribution in [1.82, 2.24) is 0 Å². The minimum atomic E-state index is -1.58. The van der Waals surface area contributed by atoms with E-state index in [1.54, 1.807) is 0 Å². The smallest absolute Gasteiger partial charge is 0.268 e. The van der Waals surface area contributed by atoms with Crippen LogP contribution < -0.4 is 0 Å². The predicted octanol–water partition coefficient (Wildman–Crippen LogP) is 3.31. The van der Waals surface area contributed by atoms with Crippen molar-refractivity contribution < 1.29 is 12.6 Å². The van der Waals surface area contributed by atoms with Crippen molar-refractivity contribution in [2.45, 2.75) is 39.5 Å². The molecule has 0 saturated carbocycles. The molecular formula is C12H22O3S. The zero-order valence-corrected chi connectivity index (χ0v) is 11.0. The maximum absolute atomic E-state index is 11.1. The van der Waals surface area contributed by atoms with E-state index in [1.165, 1.54) is 0 Å². The molecule has 0 atom stereocenters. The van der Waals surface area contributed by atoms with E-state index in [9.17, 15) is 4.21 Å². The van der Waals surface area contributed by atoms with Gasteiger partial charge >= 0.3 is 11.4 Å². The molecule has 0 unspecified atom stereocenters. The summed E-state index contributed by atoms with van der Waals surface area (Å²) in [5.74, 6) is 0. The molecule has 0 aliphatic carbocycles. The molecule has 4 heteroatoms. The maximum Gasteiger partial charge on any atom is 0.304 e. The van der Waals surface area contributed by atoms with E-state index in [-0.39, 0.29) is 0 Å². The predicted molar refractivity (Wildman–Crippen MR) is 68.1 cm³/mol. The minimum Gasteiger partial charge on any atom is -0.268 e. The van der Waals surface area contributed by atoms with E-state index < -0.39 is 11.4 Å². The molecule has 0 radical (unpaired) electrons. The van der Waals surface area contributed by atoms with Crippen molar-refractivity contribution in [2.24, 2.45) is 0 Å². The van der Waals surface area contributed by atoms with E-state index in [4.69, 9.17) is 8.37 Å². The molecule has 0 aromatic rings. The van der Waals surface area contributed by atoms with Gasteiger partial charge in [0.25, 0.3) is 0 Å². The van der Waals surface area contributed by atoms with Gasteiger partial charge in [0, 0.05) is 0 Å². The average Bonchev–Trinajstić information content (AvgIpc) is 2.28. The molecule has 0 aromatic carbocycles. The van der Waals surface area contributed by atoms with E-state index in [1.807, 2.05) is 26.0 Å². The van der Waals surface area contributed by atoms with E-state index in [2.05, 4.69) is 12.2 Å². The lowest BCUT2D eigenvalue weighted by Gasteiger charge is -2.02. The van der Waals surface area contributed by atoms with Gasteiger partial charge in [0.2, 0.25) is 0 Å². The van der Waals surface area contributed by atoms with Crippen molar-refractivity contribution >= 4 is 11.4 Å². The first-order valence-electron chi connectivity index (χ1n) is 5.72. The monoisotopic (exact) mass is 246 g/mol. The maximum atomic E-state index is 11.1. The summed E-state index contributed by atoms with van der Waals surface area (Å²) in [6, 6.07) is 0. The van der Waals surface area contributed by atoms with E-state index in [0.29, 0.717) is 13.2 Å². The van der Waals surface area contributed by atoms with Crippen molar-refractivity contribution in [3.8, 4) is 0 Å². The van der Waals surface area contributed by atoms with Crippen molar-refractivity contribution in [3.63, 3.8) is 0 Å². The van der Waals surface area contributed by atoms with Gasteiger partial charge in [-0.2, -0.15) is 4.21 Å². The Balaban J connectivity index is 3.24. The van der Waals surface area contributed by atoms with Crippen LogP contribution in [0.2, 0.25) is 0 Å². The van der Waals surface area contributed by atoms with Crippen LogP contribution in [0.3, 0.4) is 0 Å². The van der Waals surface area contributed by atoms with Crippen LogP contribution in [0.4, 0.5) is 0 Å². The molecule has 0 rings (SSSR count). The number of unbranched alkanes of at least 4 members (excludes halogenated alkanes) is 2. The summed E-state index contributed by atoms with van der Waals surface area (Å²) < 4.78 is 21.1. The Labute approximate surface area is 101 Å². The fourth-order valence-electron chi connectivity index (χ4n) is 1.02. The number of rotatable bonds is 10. The zero-order valence-electron chi connectivity index (χ0n) is 10.2. The Morgan fingerprint density at radius 2 is 1.38 bits per heavy atom. The topological polar surface area (TPSA) is 35.5 Å². The third kappa shape index (κ3) is 11.6. The molecule has 0 N–H and O–H groups in total. The third-order valence-corrected chi connectivity index (χ3v) is 2.58. The van der Waals surface area contributed by atoms with Crippen molar-refractivity contribution in [2.75, 3.05) is 13.2 Å². The van der Waals surface area contributed by atoms with Crippen LogP contribution in [0.5, 0.6) is 0 Å². The molecule has 0 aliphatic rings. The van der Waals surface area contributed by atoms with Gasteiger partial charge in [-0.15, -0.1) is 0 Å². The Bertz CT molecular complexity index is 202. The first-order chi connectivity index (χ1) is 7.81. The Kier molecular flexibility index (Phi) is 12.3. The van der Waals surface area contributed by atoms with Gasteiger partial charge in [-0.05, 0) is 39.5 Å². The largest absolute Gasteiger partial charge is 0.304 e. The molecule has 0 spiro atoms. The standard InChI is InChI=1S/C12H22O3S/c1-3-5-7-9-11-14-16(13)15-12-10-8-6-4-2/h3-6H,7-12H2,1-2H3/b5-3-,6-4-. The molecule has 3 nitrogen and oxygen atoms in total. The van der Waals surface area contributed by atoms with Crippen LogP contribution in [0.15, 0.2) is 24.3 Å². The van der Waals surface area contributed by atoms with Gasteiger partial charge in [0.15, 0.2) is 0 Å². The quantitative estimate of drug-likeness (QED) is 0.438. The van der Waals surface area contributed by atoms with Crippen LogP contribution in [0.1, 0.15) is 39.5 Å². The summed E-state index contributed by atoms with van der Waals surface area (Å²) in [7, 11) is 0. The summed E-state index contributed by atoms with van der Waals surface area (Å²) in [5, 5.41) is 0. The van der Waals surface area contributed by atoms with Gasteiger partial charge in [-0.3, -0.25) is 8.37 Å². The molecule has 0 amide bonds. The number of allylic oxidation sites excluding steroid dienone is 4. The van der Waals surface area contributed by atoms with E-state index >= 15 is 0 Å². The molecule has 0 bridgehead atoms. The fourth-order valence-corrected chi connectivity index (χ4v) is 1.60. The van der Waals surface area contributed by atoms with Crippen LogP contribution in [0.25, 0.3) is 0 Å². The molecular weight excluding hydrogens is 224 g/mol. The lowest BCUT2D eigenvalue weighted by atomic mass is 10.3. The van der Waals surface area contributed by atoms with E-state index in [0.717, 1.165) is 25.7 Å². The van der Waals surface area contributed by atoms with Gasteiger partial charge < -0.3 is 0 Å². The van der Waals surface area contributed by atoms with Gasteiger partial charge in [0.05, 0.1) is 13.2 Å². The highest BCUT2D eigenvalue weighted by molar-refractivity contribution is 7.75. The highest BCUT2D eigenvalue weighted by Crippen LogP contribution is 1.98. The second-order valence-corrected chi connectivity index (χ2v) is 4.15. The molecule has 0 fully saturated rings. The summed E-state index contributed by atoms with van der Waals surface area (Å²) in [6.07, 6.45) is 11.8. The molecule has 0 aromatic heterocycles.